The average molecular weight is 221 g/mol. The SMILES string of the molecule is CON1C(=O)[C@@H](C)C[C@]12C=CC(=O)C=C2C. The minimum absolute atomic E-state index is 0.0331. The van der Waals surface area contributed by atoms with Crippen LogP contribution in [0.25, 0.3) is 0 Å². The molecule has 0 radical (unpaired) electrons. The van der Waals surface area contributed by atoms with Crippen LogP contribution < -0.4 is 0 Å². The predicted octanol–water partition coefficient (Wildman–Crippen LogP) is 1.24. The number of hydroxylamine groups is 2. The van der Waals surface area contributed by atoms with Gasteiger partial charge in [0.1, 0.15) is 5.54 Å². The lowest BCUT2D eigenvalue weighted by atomic mass is 9.82. The number of carbonyl (C=O) groups is 2. The molecular weight excluding hydrogens is 206 g/mol. The number of amides is 1. The topological polar surface area (TPSA) is 46.6 Å². The molecule has 1 heterocycles. The minimum Gasteiger partial charge on any atom is -0.290 e. The summed E-state index contributed by atoms with van der Waals surface area (Å²) in [5.74, 6) is -0.151. The lowest BCUT2D eigenvalue weighted by Gasteiger charge is -2.36. The zero-order chi connectivity index (χ0) is 11.9. The van der Waals surface area contributed by atoms with Gasteiger partial charge in [0.05, 0.1) is 7.11 Å². The van der Waals surface area contributed by atoms with Crippen molar-refractivity contribution < 1.29 is 14.4 Å². The second-order valence-electron chi connectivity index (χ2n) is 4.41. The van der Waals surface area contributed by atoms with E-state index in [9.17, 15) is 9.59 Å². The third-order valence-corrected chi connectivity index (χ3v) is 3.35. The van der Waals surface area contributed by atoms with Gasteiger partial charge in [0.25, 0.3) is 0 Å². The van der Waals surface area contributed by atoms with Gasteiger partial charge in [-0.3, -0.25) is 14.4 Å². The van der Waals surface area contributed by atoms with Crippen molar-refractivity contribution in [1.29, 1.82) is 0 Å². The Labute approximate surface area is 94.5 Å². The fourth-order valence-corrected chi connectivity index (χ4v) is 2.48. The number of nitrogens with zero attached hydrogens (tertiary/aromatic N) is 1. The van der Waals surface area contributed by atoms with Gasteiger partial charge in [-0.15, -0.1) is 0 Å². The van der Waals surface area contributed by atoms with Gasteiger partial charge in [-0.05, 0) is 37.1 Å². The summed E-state index contributed by atoms with van der Waals surface area (Å²) in [5, 5.41) is 1.38. The van der Waals surface area contributed by atoms with E-state index in [1.807, 2.05) is 13.8 Å². The summed E-state index contributed by atoms with van der Waals surface area (Å²) in [6, 6.07) is 0. The fourth-order valence-electron chi connectivity index (χ4n) is 2.48. The Morgan fingerprint density at radius 3 is 2.75 bits per heavy atom. The van der Waals surface area contributed by atoms with Gasteiger partial charge >= 0.3 is 0 Å². The Hall–Kier alpha value is -1.42. The van der Waals surface area contributed by atoms with Crippen LogP contribution in [0.4, 0.5) is 0 Å². The van der Waals surface area contributed by atoms with Gasteiger partial charge in [-0.2, -0.15) is 0 Å². The third kappa shape index (κ3) is 1.33. The highest BCUT2D eigenvalue weighted by molar-refractivity contribution is 6.02. The lowest BCUT2D eigenvalue weighted by Crippen LogP contribution is -2.45. The van der Waals surface area contributed by atoms with Crippen molar-refractivity contribution >= 4 is 11.7 Å². The largest absolute Gasteiger partial charge is 0.290 e. The van der Waals surface area contributed by atoms with Gasteiger partial charge < -0.3 is 0 Å². The maximum Gasteiger partial charge on any atom is 0.250 e. The first-order valence-electron chi connectivity index (χ1n) is 5.31. The molecule has 2 atom stereocenters. The van der Waals surface area contributed by atoms with E-state index in [0.717, 1.165) is 5.57 Å². The van der Waals surface area contributed by atoms with E-state index in [0.29, 0.717) is 6.42 Å². The monoisotopic (exact) mass is 221 g/mol. The molecule has 2 aliphatic rings. The molecule has 0 aromatic heterocycles. The van der Waals surface area contributed by atoms with Crippen LogP contribution in [0.1, 0.15) is 20.3 Å². The first-order valence-corrected chi connectivity index (χ1v) is 5.31. The maximum absolute atomic E-state index is 11.9. The number of hydrogen-bond donors (Lipinski definition) is 0. The Balaban J connectivity index is 2.46. The van der Waals surface area contributed by atoms with Crippen LogP contribution in [0, 0.1) is 5.92 Å². The molecule has 16 heavy (non-hydrogen) atoms. The van der Waals surface area contributed by atoms with Crippen LogP contribution in [0.2, 0.25) is 0 Å². The van der Waals surface area contributed by atoms with Crippen molar-refractivity contribution in [2.75, 3.05) is 7.11 Å². The molecule has 1 fully saturated rings. The maximum atomic E-state index is 11.9. The molecule has 1 aliphatic carbocycles. The highest BCUT2D eigenvalue weighted by Gasteiger charge is 2.50. The lowest BCUT2D eigenvalue weighted by molar-refractivity contribution is -0.184. The summed E-state index contributed by atoms with van der Waals surface area (Å²) in [7, 11) is 1.48. The quantitative estimate of drug-likeness (QED) is 0.669. The molecule has 0 bridgehead atoms. The van der Waals surface area contributed by atoms with Gasteiger partial charge in [-0.25, -0.2) is 5.06 Å². The van der Waals surface area contributed by atoms with Crippen molar-refractivity contribution in [1.82, 2.24) is 5.06 Å². The zero-order valence-electron chi connectivity index (χ0n) is 9.69. The molecule has 1 aliphatic heterocycles. The summed E-state index contributed by atoms with van der Waals surface area (Å²) >= 11 is 0. The Bertz CT molecular complexity index is 410. The molecule has 0 aromatic carbocycles. The summed E-state index contributed by atoms with van der Waals surface area (Å²) in [4.78, 5) is 28.3. The molecule has 4 heteroatoms. The molecular formula is C12H15NO3. The number of allylic oxidation sites excluding steroid dienone is 2. The molecule has 86 valence electrons. The van der Waals surface area contributed by atoms with Crippen molar-refractivity contribution in [3.63, 3.8) is 0 Å². The van der Waals surface area contributed by atoms with Crippen LogP contribution in [0.15, 0.2) is 23.8 Å². The van der Waals surface area contributed by atoms with Crippen LogP contribution in [-0.2, 0) is 14.4 Å². The minimum atomic E-state index is -0.556. The van der Waals surface area contributed by atoms with E-state index in [1.54, 1.807) is 12.2 Å². The second-order valence-corrected chi connectivity index (χ2v) is 4.41. The van der Waals surface area contributed by atoms with Crippen LogP contribution in [0.5, 0.6) is 0 Å². The predicted molar refractivity (Wildman–Crippen MR) is 58.3 cm³/mol. The number of ketones is 1. The van der Waals surface area contributed by atoms with Gasteiger partial charge in [-0.1, -0.05) is 6.92 Å². The first kappa shape index (κ1) is 11.1. The van der Waals surface area contributed by atoms with E-state index in [2.05, 4.69) is 0 Å². The number of rotatable bonds is 1. The Kier molecular flexibility index (Phi) is 2.46. The summed E-state index contributed by atoms with van der Waals surface area (Å²) < 4.78 is 0. The highest BCUT2D eigenvalue weighted by atomic mass is 16.7. The fraction of sp³-hybridized carbons (Fsp3) is 0.500. The van der Waals surface area contributed by atoms with Crippen LogP contribution in [0.3, 0.4) is 0 Å². The Morgan fingerprint density at radius 1 is 1.50 bits per heavy atom. The first-order chi connectivity index (χ1) is 7.51. The average Bonchev–Trinajstić information content (AvgIpc) is 2.47. The van der Waals surface area contributed by atoms with E-state index in [4.69, 9.17) is 4.84 Å². The molecule has 1 amide bonds. The molecule has 2 rings (SSSR count). The standard InChI is InChI=1S/C12H15NO3/c1-8-7-12(13(16-3)11(8)15)5-4-10(14)6-9(12)2/h4-6,8H,7H2,1-3H3/t8-,12-/m0/s1. The van der Waals surface area contributed by atoms with Crippen LogP contribution >= 0.6 is 0 Å². The summed E-state index contributed by atoms with van der Waals surface area (Å²) in [6.07, 6.45) is 5.50. The molecule has 4 nitrogen and oxygen atoms in total. The van der Waals surface area contributed by atoms with E-state index < -0.39 is 5.54 Å². The molecule has 1 saturated heterocycles. The van der Waals surface area contributed by atoms with Crippen molar-refractivity contribution in [3.8, 4) is 0 Å². The van der Waals surface area contributed by atoms with Crippen molar-refractivity contribution in [2.24, 2.45) is 5.92 Å². The zero-order valence-corrected chi connectivity index (χ0v) is 9.69. The van der Waals surface area contributed by atoms with E-state index in [1.165, 1.54) is 18.2 Å². The Morgan fingerprint density at radius 2 is 2.19 bits per heavy atom. The summed E-state index contributed by atoms with van der Waals surface area (Å²) in [5.41, 5.74) is 0.304. The van der Waals surface area contributed by atoms with Crippen LogP contribution in [-0.4, -0.2) is 29.4 Å². The van der Waals surface area contributed by atoms with Gasteiger partial charge in [0, 0.05) is 5.92 Å². The van der Waals surface area contributed by atoms with E-state index >= 15 is 0 Å². The smallest absolute Gasteiger partial charge is 0.250 e. The highest BCUT2D eigenvalue weighted by Crippen LogP contribution is 2.41. The van der Waals surface area contributed by atoms with Crippen molar-refractivity contribution in [3.05, 3.63) is 23.8 Å². The molecule has 0 N–H and O–H groups in total. The van der Waals surface area contributed by atoms with Gasteiger partial charge in [0.15, 0.2) is 5.78 Å². The molecule has 0 aromatic rings. The van der Waals surface area contributed by atoms with E-state index in [-0.39, 0.29) is 17.6 Å². The normalized spacial score (nSPS) is 33.8. The molecule has 0 saturated carbocycles. The number of carbonyl (C=O) groups excluding carboxylic acids is 2. The molecule has 0 unspecified atom stereocenters. The third-order valence-electron chi connectivity index (χ3n) is 3.35. The second kappa shape index (κ2) is 3.56. The molecule has 1 spiro atoms. The summed E-state index contributed by atoms with van der Waals surface area (Å²) in [6.45, 7) is 3.74. The number of hydrogen-bond acceptors (Lipinski definition) is 3. The van der Waals surface area contributed by atoms with Crippen molar-refractivity contribution in [2.45, 2.75) is 25.8 Å². The van der Waals surface area contributed by atoms with Gasteiger partial charge in [0.2, 0.25) is 5.91 Å².